The lowest BCUT2D eigenvalue weighted by molar-refractivity contribution is -0.139. The molecule has 3 atom stereocenters. The van der Waals surface area contributed by atoms with E-state index in [1.165, 1.54) is 0 Å². The maximum Gasteiger partial charge on any atom is 0.303 e. The van der Waals surface area contributed by atoms with E-state index in [2.05, 4.69) is 5.32 Å². The van der Waals surface area contributed by atoms with Gasteiger partial charge in [-0.2, -0.15) is 0 Å². The van der Waals surface area contributed by atoms with Crippen LogP contribution in [0.1, 0.15) is 46.5 Å². The highest BCUT2D eigenvalue weighted by atomic mass is 16.4. The maximum atomic E-state index is 12.2. The fraction of sp³-hybridized carbons (Fsp3) is 0.846. The number of carboxylic acid groups (broad SMARTS) is 1. The number of nitrogens with two attached hydrogens (primary N) is 1. The molecule has 0 bridgehead atoms. The van der Waals surface area contributed by atoms with Gasteiger partial charge >= 0.3 is 5.97 Å². The van der Waals surface area contributed by atoms with E-state index in [1.54, 1.807) is 0 Å². The molecule has 18 heavy (non-hydrogen) atoms. The van der Waals surface area contributed by atoms with E-state index < -0.39 is 11.5 Å². The lowest BCUT2D eigenvalue weighted by Crippen LogP contribution is -2.58. The topological polar surface area (TPSA) is 92.4 Å². The van der Waals surface area contributed by atoms with Crippen molar-refractivity contribution in [3.8, 4) is 0 Å². The predicted molar refractivity (Wildman–Crippen MR) is 69.0 cm³/mol. The first-order chi connectivity index (χ1) is 8.31. The lowest BCUT2D eigenvalue weighted by Gasteiger charge is -2.32. The van der Waals surface area contributed by atoms with Gasteiger partial charge in [0.2, 0.25) is 5.91 Å². The predicted octanol–water partition coefficient (Wildman–Crippen LogP) is 1.12. The highest BCUT2D eigenvalue weighted by Crippen LogP contribution is 2.42. The molecule has 1 aliphatic rings. The van der Waals surface area contributed by atoms with Crippen molar-refractivity contribution in [2.24, 2.45) is 17.6 Å². The Labute approximate surface area is 108 Å². The highest BCUT2D eigenvalue weighted by molar-refractivity contribution is 5.87. The van der Waals surface area contributed by atoms with Crippen LogP contribution in [0.2, 0.25) is 0 Å². The van der Waals surface area contributed by atoms with E-state index in [1.807, 2.05) is 20.8 Å². The summed E-state index contributed by atoms with van der Waals surface area (Å²) in [7, 11) is 0. The molecule has 0 aromatic carbocycles. The molecule has 0 aliphatic heterocycles. The first kappa shape index (κ1) is 15.0. The lowest BCUT2D eigenvalue weighted by atomic mass is 9.79. The summed E-state index contributed by atoms with van der Waals surface area (Å²) in [6.07, 6.45) is 2.24. The van der Waals surface area contributed by atoms with Gasteiger partial charge < -0.3 is 16.2 Å². The second-order valence-electron chi connectivity index (χ2n) is 5.58. The molecule has 0 saturated heterocycles. The number of aliphatic carboxylic acids is 1. The third-order valence-electron chi connectivity index (χ3n) is 3.92. The zero-order chi connectivity index (χ0) is 13.9. The fourth-order valence-corrected chi connectivity index (χ4v) is 2.94. The summed E-state index contributed by atoms with van der Waals surface area (Å²) in [6, 6.07) is 0.0177. The van der Waals surface area contributed by atoms with Crippen molar-refractivity contribution in [1.82, 2.24) is 5.32 Å². The molecule has 1 aliphatic carbocycles. The van der Waals surface area contributed by atoms with Crippen LogP contribution in [-0.4, -0.2) is 28.6 Å². The average Bonchev–Trinajstić information content (AvgIpc) is 2.56. The molecule has 1 amide bonds. The SMILES string of the molecule is CCC1CCC(N)(C(=O)NC(C)C)C1CC(=O)O. The fourth-order valence-electron chi connectivity index (χ4n) is 2.94. The highest BCUT2D eigenvalue weighted by Gasteiger charge is 2.50. The Bertz CT molecular complexity index is 330. The van der Waals surface area contributed by atoms with E-state index in [4.69, 9.17) is 10.8 Å². The molecule has 0 aromatic rings. The Morgan fingerprint density at radius 1 is 1.50 bits per heavy atom. The van der Waals surface area contributed by atoms with Gasteiger partial charge in [-0.15, -0.1) is 0 Å². The number of nitrogens with one attached hydrogen (secondary N) is 1. The van der Waals surface area contributed by atoms with Gasteiger partial charge in [0, 0.05) is 6.04 Å². The molecule has 5 nitrogen and oxygen atoms in total. The van der Waals surface area contributed by atoms with Gasteiger partial charge in [0.1, 0.15) is 0 Å². The monoisotopic (exact) mass is 256 g/mol. The van der Waals surface area contributed by atoms with Crippen molar-refractivity contribution >= 4 is 11.9 Å². The molecule has 0 heterocycles. The standard InChI is InChI=1S/C13H24N2O3/c1-4-9-5-6-13(14,10(9)7-11(16)17)12(18)15-8(2)3/h8-10H,4-7,14H2,1-3H3,(H,15,18)(H,16,17). The van der Waals surface area contributed by atoms with Crippen molar-refractivity contribution in [3.63, 3.8) is 0 Å². The van der Waals surface area contributed by atoms with Gasteiger partial charge in [-0.25, -0.2) is 0 Å². The Morgan fingerprint density at radius 3 is 2.56 bits per heavy atom. The van der Waals surface area contributed by atoms with E-state index >= 15 is 0 Å². The first-order valence-electron chi connectivity index (χ1n) is 6.62. The van der Waals surface area contributed by atoms with Crippen LogP contribution in [0.5, 0.6) is 0 Å². The Kier molecular flexibility index (Phi) is 4.73. The van der Waals surface area contributed by atoms with Crippen LogP contribution < -0.4 is 11.1 Å². The zero-order valence-corrected chi connectivity index (χ0v) is 11.4. The van der Waals surface area contributed by atoms with Crippen LogP contribution in [0, 0.1) is 11.8 Å². The molecule has 5 heteroatoms. The molecule has 0 spiro atoms. The number of hydrogen-bond acceptors (Lipinski definition) is 3. The van der Waals surface area contributed by atoms with Gasteiger partial charge in [-0.05, 0) is 38.5 Å². The first-order valence-corrected chi connectivity index (χ1v) is 6.62. The summed E-state index contributed by atoms with van der Waals surface area (Å²) < 4.78 is 0. The van der Waals surface area contributed by atoms with Crippen molar-refractivity contribution in [1.29, 1.82) is 0 Å². The van der Waals surface area contributed by atoms with Crippen molar-refractivity contribution in [2.75, 3.05) is 0 Å². The molecular weight excluding hydrogens is 232 g/mol. The number of hydrogen-bond donors (Lipinski definition) is 3. The van der Waals surface area contributed by atoms with Crippen LogP contribution in [0.25, 0.3) is 0 Å². The van der Waals surface area contributed by atoms with Crippen LogP contribution in [0.15, 0.2) is 0 Å². The molecule has 1 saturated carbocycles. The summed E-state index contributed by atoms with van der Waals surface area (Å²) >= 11 is 0. The summed E-state index contributed by atoms with van der Waals surface area (Å²) in [4.78, 5) is 23.2. The number of rotatable bonds is 5. The summed E-state index contributed by atoms with van der Waals surface area (Å²) in [6.45, 7) is 5.77. The second-order valence-corrected chi connectivity index (χ2v) is 5.58. The maximum absolute atomic E-state index is 12.2. The summed E-state index contributed by atoms with van der Waals surface area (Å²) in [5.74, 6) is -1.13. The molecule has 1 fully saturated rings. The molecular formula is C13H24N2O3. The van der Waals surface area contributed by atoms with Crippen molar-refractivity contribution in [2.45, 2.75) is 58.0 Å². The van der Waals surface area contributed by atoms with Crippen LogP contribution in [0.3, 0.4) is 0 Å². The van der Waals surface area contributed by atoms with Gasteiger partial charge in [-0.1, -0.05) is 13.3 Å². The third kappa shape index (κ3) is 3.02. The molecule has 0 aromatic heterocycles. The molecule has 104 valence electrons. The van der Waals surface area contributed by atoms with Gasteiger partial charge in [0.15, 0.2) is 0 Å². The van der Waals surface area contributed by atoms with Crippen LogP contribution >= 0.6 is 0 Å². The third-order valence-corrected chi connectivity index (χ3v) is 3.92. The number of carbonyl (C=O) groups excluding carboxylic acids is 1. The summed E-state index contributed by atoms with van der Waals surface area (Å²) in [5.41, 5.74) is 5.21. The molecule has 1 rings (SSSR count). The Hall–Kier alpha value is -1.10. The van der Waals surface area contributed by atoms with Gasteiger partial charge in [0.05, 0.1) is 12.0 Å². The second kappa shape index (κ2) is 5.69. The number of carbonyl (C=O) groups is 2. The average molecular weight is 256 g/mol. The molecule has 0 radical (unpaired) electrons. The summed E-state index contributed by atoms with van der Waals surface area (Å²) in [5, 5.41) is 11.8. The van der Waals surface area contributed by atoms with Crippen LogP contribution in [-0.2, 0) is 9.59 Å². The van der Waals surface area contributed by atoms with Crippen molar-refractivity contribution in [3.05, 3.63) is 0 Å². The Balaban J connectivity index is 2.89. The minimum Gasteiger partial charge on any atom is -0.481 e. The minimum absolute atomic E-state index is 0.0177. The van der Waals surface area contributed by atoms with Gasteiger partial charge in [0.25, 0.3) is 0 Å². The largest absolute Gasteiger partial charge is 0.481 e. The minimum atomic E-state index is -1.02. The molecule has 3 unspecified atom stereocenters. The quantitative estimate of drug-likeness (QED) is 0.687. The smallest absolute Gasteiger partial charge is 0.303 e. The van der Waals surface area contributed by atoms with E-state index in [-0.39, 0.29) is 30.2 Å². The number of amides is 1. The normalized spacial score (nSPS) is 31.6. The Morgan fingerprint density at radius 2 is 2.11 bits per heavy atom. The van der Waals surface area contributed by atoms with E-state index in [9.17, 15) is 9.59 Å². The molecule has 4 N–H and O–H groups in total. The zero-order valence-electron chi connectivity index (χ0n) is 11.4. The van der Waals surface area contributed by atoms with E-state index in [0.29, 0.717) is 6.42 Å². The van der Waals surface area contributed by atoms with Gasteiger partial charge in [-0.3, -0.25) is 9.59 Å². The van der Waals surface area contributed by atoms with Crippen molar-refractivity contribution < 1.29 is 14.7 Å². The number of carboxylic acids is 1. The van der Waals surface area contributed by atoms with E-state index in [0.717, 1.165) is 12.8 Å². The van der Waals surface area contributed by atoms with Crippen LogP contribution in [0.4, 0.5) is 0 Å².